The van der Waals surface area contributed by atoms with Gasteiger partial charge in [0, 0.05) is 19.8 Å². The zero-order chi connectivity index (χ0) is 13.5. The highest BCUT2D eigenvalue weighted by Crippen LogP contribution is 1.85. The second-order valence-corrected chi connectivity index (χ2v) is 4.29. The van der Waals surface area contributed by atoms with E-state index in [-0.39, 0.29) is 0 Å². The molecule has 5 nitrogen and oxygen atoms in total. The highest BCUT2D eigenvalue weighted by Gasteiger charge is 1.93. The van der Waals surface area contributed by atoms with E-state index >= 15 is 0 Å². The second-order valence-electron chi connectivity index (χ2n) is 4.29. The lowest BCUT2D eigenvalue weighted by Gasteiger charge is -2.08. The summed E-state index contributed by atoms with van der Waals surface area (Å²) < 4.78 is 20.9. The van der Waals surface area contributed by atoms with Gasteiger partial charge in [-0.15, -0.1) is 0 Å². The average Bonchev–Trinajstić information content (AvgIpc) is 2.34. The summed E-state index contributed by atoms with van der Waals surface area (Å²) in [5, 5.41) is 3.34. The summed E-state index contributed by atoms with van der Waals surface area (Å²) in [6.07, 6.45) is 1.04. The number of nitrogens with one attached hydrogen (secondary N) is 1. The Balaban J connectivity index is 2.90. The van der Waals surface area contributed by atoms with Crippen LogP contribution in [0.1, 0.15) is 20.3 Å². The summed E-state index contributed by atoms with van der Waals surface area (Å²) in [6, 6.07) is 0.548. The van der Waals surface area contributed by atoms with Crippen molar-refractivity contribution in [1.82, 2.24) is 5.32 Å². The first-order valence-corrected chi connectivity index (χ1v) is 6.73. The predicted octanol–water partition coefficient (Wildman–Crippen LogP) is 1.07. The summed E-state index contributed by atoms with van der Waals surface area (Å²) in [4.78, 5) is 0. The van der Waals surface area contributed by atoms with Crippen LogP contribution in [0.5, 0.6) is 0 Å². The van der Waals surface area contributed by atoms with Crippen LogP contribution in [0.15, 0.2) is 0 Å². The molecule has 0 bridgehead atoms. The van der Waals surface area contributed by atoms with E-state index in [1.165, 1.54) is 0 Å². The zero-order valence-corrected chi connectivity index (χ0v) is 12.1. The summed E-state index contributed by atoms with van der Waals surface area (Å²) in [7, 11) is 1.66. The van der Waals surface area contributed by atoms with E-state index in [0.717, 1.165) is 19.6 Å². The Morgan fingerprint density at radius 2 is 1.28 bits per heavy atom. The van der Waals surface area contributed by atoms with Crippen molar-refractivity contribution in [3.05, 3.63) is 0 Å². The van der Waals surface area contributed by atoms with Crippen LogP contribution in [0, 0.1) is 0 Å². The van der Waals surface area contributed by atoms with Crippen molar-refractivity contribution < 1.29 is 18.9 Å². The van der Waals surface area contributed by atoms with Gasteiger partial charge in [-0.2, -0.15) is 0 Å². The Kier molecular flexibility index (Phi) is 14.7. The first-order valence-electron chi connectivity index (χ1n) is 6.73. The Labute approximate surface area is 111 Å². The minimum atomic E-state index is 0.548. The maximum Gasteiger partial charge on any atom is 0.0701 e. The van der Waals surface area contributed by atoms with Crippen LogP contribution in [0.2, 0.25) is 0 Å². The third-order valence-corrected chi connectivity index (χ3v) is 2.19. The van der Waals surface area contributed by atoms with Crippen molar-refractivity contribution in [1.29, 1.82) is 0 Å². The lowest BCUT2D eigenvalue weighted by Crippen LogP contribution is -2.24. The Morgan fingerprint density at radius 1 is 0.778 bits per heavy atom. The van der Waals surface area contributed by atoms with E-state index in [2.05, 4.69) is 19.2 Å². The van der Waals surface area contributed by atoms with Crippen LogP contribution < -0.4 is 5.32 Å². The molecule has 5 heteroatoms. The minimum Gasteiger partial charge on any atom is -0.382 e. The predicted molar refractivity (Wildman–Crippen MR) is 72.1 cm³/mol. The average molecular weight is 263 g/mol. The first kappa shape index (κ1) is 17.8. The molecule has 0 aromatic heterocycles. The molecule has 0 aromatic rings. The van der Waals surface area contributed by atoms with Gasteiger partial charge in [0.2, 0.25) is 0 Å². The fourth-order valence-electron chi connectivity index (χ4n) is 1.25. The fourth-order valence-corrected chi connectivity index (χ4v) is 1.25. The standard InChI is InChI=1S/C13H29NO4/c1-13(2)14-5-4-6-16-9-10-18-12-11-17-8-7-15-3/h13-14H,4-12H2,1-3H3. The highest BCUT2D eigenvalue weighted by atomic mass is 16.6. The van der Waals surface area contributed by atoms with Crippen LogP contribution >= 0.6 is 0 Å². The molecule has 0 aliphatic carbocycles. The van der Waals surface area contributed by atoms with E-state index in [4.69, 9.17) is 18.9 Å². The van der Waals surface area contributed by atoms with E-state index in [1.54, 1.807) is 7.11 Å². The topological polar surface area (TPSA) is 49.0 Å². The first-order chi connectivity index (χ1) is 8.77. The molecule has 0 unspecified atom stereocenters. The molecular weight excluding hydrogens is 234 g/mol. The highest BCUT2D eigenvalue weighted by molar-refractivity contribution is 4.51. The third-order valence-electron chi connectivity index (χ3n) is 2.19. The molecule has 0 aromatic carbocycles. The van der Waals surface area contributed by atoms with Gasteiger partial charge in [0.05, 0.1) is 39.6 Å². The Hall–Kier alpha value is -0.200. The number of rotatable bonds is 14. The van der Waals surface area contributed by atoms with Gasteiger partial charge >= 0.3 is 0 Å². The normalized spacial score (nSPS) is 11.3. The third kappa shape index (κ3) is 15.8. The molecule has 110 valence electrons. The quantitative estimate of drug-likeness (QED) is 0.475. The van der Waals surface area contributed by atoms with Gasteiger partial charge < -0.3 is 24.3 Å². The van der Waals surface area contributed by atoms with E-state index < -0.39 is 0 Å². The van der Waals surface area contributed by atoms with Crippen molar-refractivity contribution in [2.45, 2.75) is 26.3 Å². The van der Waals surface area contributed by atoms with Gasteiger partial charge in [0.25, 0.3) is 0 Å². The van der Waals surface area contributed by atoms with Crippen LogP contribution in [-0.2, 0) is 18.9 Å². The van der Waals surface area contributed by atoms with Gasteiger partial charge in [0.1, 0.15) is 0 Å². The fraction of sp³-hybridized carbons (Fsp3) is 1.00. The molecule has 0 atom stereocenters. The maximum absolute atomic E-state index is 5.43. The number of methoxy groups -OCH3 is 1. The Bertz CT molecular complexity index is 156. The summed E-state index contributed by atoms with van der Waals surface area (Å²) in [6.45, 7) is 9.84. The summed E-state index contributed by atoms with van der Waals surface area (Å²) in [5.41, 5.74) is 0. The summed E-state index contributed by atoms with van der Waals surface area (Å²) in [5.74, 6) is 0. The van der Waals surface area contributed by atoms with Crippen LogP contribution in [-0.4, -0.2) is 65.9 Å². The lowest BCUT2D eigenvalue weighted by atomic mass is 10.3. The number of hydrogen-bond acceptors (Lipinski definition) is 5. The van der Waals surface area contributed by atoms with Crippen LogP contribution in [0.4, 0.5) is 0 Å². The molecule has 1 N–H and O–H groups in total. The molecule has 0 fully saturated rings. The Morgan fingerprint density at radius 3 is 1.78 bits per heavy atom. The molecule has 0 spiro atoms. The van der Waals surface area contributed by atoms with Crippen molar-refractivity contribution in [3.8, 4) is 0 Å². The molecule has 0 saturated heterocycles. The van der Waals surface area contributed by atoms with E-state index in [0.29, 0.717) is 45.7 Å². The molecule has 0 saturated carbocycles. The molecule has 0 heterocycles. The largest absolute Gasteiger partial charge is 0.382 e. The van der Waals surface area contributed by atoms with Crippen LogP contribution in [0.25, 0.3) is 0 Å². The van der Waals surface area contributed by atoms with E-state index in [9.17, 15) is 0 Å². The molecule has 0 rings (SSSR count). The van der Waals surface area contributed by atoms with E-state index in [1.807, 2.05) is 0 Å². The van der Waals surface area contributed by atoms with Crippen molar-refractivity contribution >= 4 is 0 Å². The monoisotopic (exact) mass is 263 g/mol. The van der Waals surface area contributed by atoms with Crippen LogP contribution in [0.3, 0.4) is 0 Å². The van der Waals surface area contributed by atoms with Gasteiger partial charge in [-0.25, -0.2) is 0 Å². The van der Waals surface area contributed by atoms with Gasteiger partial charge in [-0.05, 0) is 13.0 Å². The van der Waals surface area contributed by atoms with Gasteiger partial charge in [-0.3, -0.25) is 0 Å². The second kappa shape index (κ2) is 14.9. The maximum atomic E-state index is 5.43. The molecule has 0 amide bonds. The number of ether oxygens (including phenoxy) is 4. The van der Waals surface area contributed by atoms with Crippen molar-refractivity contribution in [3.63, 3.8) is 0 Å². The zero-order valence-electron chi connectivity index (χ0n) is 12.1. The minimum absolute atomic E-state index is 0.548. The van der Waals surface area contributed by atoms with Crippen molar-refractivity contribution in [2.24, 2.45) is 0 Å². The molecule has 0 aliphatic heterocycles. The SMILES string of the molecule is COCCOCCOCCOCCCNC(C)C. The number of hydrogen-bond donors (Lipinski definition) is 1. The van der Waals surface area contributed by atoms with Gasteiger partial charge in [-0.1, -0.05) is 13.8 Å². The smallest absolute Gasteiger partial charge is 0.0701 e. The summed E-state index contributed by atoms with van der Waals surface area (Å²) >= 11 is 0. The lowest BCUT2D eigenvalue weighted by molar-refractivity contribution is 0.00342. The van der Waals surface area contributed by atoms with Crippen molar-refractivity contribution in [2.75, 3.05) is 59.9 Å². The molecular formula is C13H29NO4. The molecule has 18 heavy (non-hydrogen) atoms. The molecule has 0 radical (unpaired) electrons. The van der Waals surface area contributed by atoms with Gasteiger partial charge in [0.15, 0.2) is 0 Å². The molecule has 0 aliphatic rings.